The van der Waals surface area contributed by atoms with Crippen molar-refractivity contribution in [3.8, 4) is 11.6 Å². The van der Waals surface area contributed by atoms with Crippen LogP contribution in [0.15, 0.2) is 42.9 Å². The highest BCUT2D eigenvalue weighted by atomic mass is 16.5. The number of methoxy groups -OCH3 is 1. The normalized spacial score (nSPS) is 10.5. The van der Waals surface area contributed by atoms with E-state index < -0.39 is 5.97 Å². The number of aromatic nitrogens is 3. The Morgan fingerprint density at radius 1 is 1.16 bits per heavy atom. The molecule has 0 fully saturated rings. The van der Waals surface area contributed by atoms with Crippen LogP contribution >= 0.6 is 0 Å². The van der Waals surface area contributed by atoms with Gasteiger partial charge in [-0.3, -0.25) is 9.97 Å². The summed E-state index contributed by atoms with van der Waals surface area (Å²) in [6.07, 6.45) is 4.80. The quantitative estimate of drug-likeness (QED) is 0.638. The molecule has 3 heterocycles. The van der Waals surface area contributed by atoms with Crippen LogP contribution in [0.4, 0.5) is 0 Å². The van der Waals surface area contributed by atoms with E-state index in [1.165, 1.54) is 13.3 Å². The molecule has 7 heteroatoms. The number of hydrogen-bond donors (Lipinski definition) is 0. The van der Waals surface area contributed by atoms with E-state index in [0.717, 1.165) is 5.56 Å². The Morgan fingerprint density at radius 3 is 2.68 bits per heavy atom. The summed E-state index contributed by atoms with van der Waals surface area (Å²) >= 11 is 0. The fourth-order valence-electron chi connectivity index (χ4n) is 2.27. The Labute approximate surface area is 144 Å². The highest BCUT2D eigenvalue weighted by Crippen LogP contribution is 2.30. The fraction of sp³-hybridized carbons (Fsp3) is 0.222. The van der Waals surface area contributed by atoms with Crippen LogP contribution in [-0.2, 0) is 11.3 Å². The molecule has 0 bridgehead atoms. The maximum absolute atomic E-state index is 12.3. The molecule has 0 aliphatic carbocycles. The van der Waals surface area contributed by atoms with Crippen molar-refractivity contribution >= 4 is 17.0 Å². The third kappa shape index (κ3) is 3.65. The lowest BCUT2D eigenvalue weighted by atomic mass is 10.2. The lowest BCUT2D eigenvalue weighted by molar-refractivity contribution is 0.0521. The first-order valence-electron chi connectivity index (χ1n) is 7.75. The molecule has 3 aromatic heterocycles. The molecule has 25 heavy (non-hydrogen) atoms. The smallest absolute Gasteiger partial charge is 0.343 e. The van der Waals surface area contributed by atoms with E-state index >= 15 is 0 Å². The van der Waals surface area contributed by atoms with Crippen LogP contribution < -0.4 is 9.47 Å². The number of hydrogen-bond acceptors (Lipinski definition) is 7. The van der Waals surface area contributed by atoms with Crippen LogP contribution in [0.5, 0.6) is 11.6 Å². The molecule has 0 amide bonds. The number of esters is 1. The first-order valence-corrected chi connectivity index (χ1v) is 7.75. The summed E-state index contributed by atoms with van der Waals surface area (Å²) in [5.74, 6) is 0.217. The van der Waals surface area contributed by atoms with Crippen LogP contribution in [-0.4, -0.2) is 34.6 Å². The van der Waals surface area contributed by atoms with Crippen molar-refractivity contribution in [1.82, 2.24) is 15.0 Å². The predicted molar refractivity (Wildman–Crippen MR) is 90.6 cm³/mol. The lowest BCUT2D eigenvalue weighted by Gasteiger charge is -2.13. The standard InChI is InChI=1S/C18H17N3O4/c1-3-24-18(22)13-10-20-14-4-5-15(23-2)21-16(14)17(13)25-11-12-6-8-19-9-7-12/h4-10H,3,11H2,1-2H3. The van der Waals surface area contributed by atoms with E-state index in [4.69, 9.17) is 14.2 Å². The number of fused-ring (bicyclic) bond motifs is 1. The van der Waals surface area contributed by atoms with E-state index in [0.29, 0.717) is 22.7 Å². The second-order valence-electron chi connectivity index (χ2n) is 5.09. The van der Waals surface area contributed by atoms with E-state index in [-0.39, 0.29) is 18.8 Å². The molecule has 0 saturated carbocycles. The number of carbonyl (C=O) groups is 1. The summed E-state index contributed by atoms with van der Waals surface area (Å²) in [6, 6.07) is 7.13. The zero-order valence-corrected chi connectivity index (χ0v) is 13.9. The second kappa shape index (κ2) is 7.57. The van der Waals surface area contributed by atoms with Crippen LogP contribution in [0, 0.1) is 0 Å². The summed E-state index contributed by atoms with van der Waals surface area (Å²) in [5.41, 5.74) is 2.18. The van der Waals surface area contributed by atoms with Gasteiger partial charge in [0.2, 0.25) is 5.88 Å². The third-order valence-electron chi connectivity index (χ3n) is 3.48. The maximum atomic E-state index is 12.3. The largest absolute Gasteiger partial charge is 0.486 e. The third-order valence-corrected chi connectivity index (χ3v) is 3.48. The minimum atomic E-state index is -0.508. The van der Waals surface area contributed by atoms with Gasteiger partial charge in [0.15, 0.2) is 5.75 Å². The van der Waals surface area contributed by atoms with Gasteiger partial charge in [-0.2, -0.15) is 0 Å². The minimum absolute atomic E-state index is 0.226. The molecule has 0 spiro atoms. The van der Waals surface area contributed by atoms with Crippen molar-refractivity contribution in [2.45, 2.75) is 13.5 Å². The molecule has 128 valence electrons. The molecule has 0 radical (unpaired) electrons. The topological polar surface area (TPSA) is 83.4 Å². The SMILES string of the molecule is CCOC(=O)c1cnc2ccc(OC)nc2c1OCc1ccncc1. The van der Waals surface area contributed by atoms with Crippen LogP contribution in [0.3, 0.4) is 0 Å². The zero-order valence-electron chi connectivity index (χ0n) is 13.9. The Balaban J connectivity index is 2.05. The molecule has 0 aliphatic heterocycles. The van der Waals surface area contributed by atoms with Gasteiger partial charge in [-0.1, -0.05) is 0 Å². The summed E-state index contributed by atoms with van der Waals surface area (Å²) in [5, 5.41) is 0. The molecule has 0 aromatic carbocycles. The van der Waals surface area contributed by atoms with Crippen molar-refractivity contribution in [1.29, 1.82) is 0 Å². The second-order valence-corrected chi connectivity index (χ2v) is 5.09. The molecule has 3 aromatic rings. The molecular formula is C18H17N3O4. The molecule has 0 aliphatic rings. The average molecular weight is 339 g/mol. The fourth-order valence-corrected chi connectivity index (χ4v) is 2.27. The first-order chi connectivity index (χ1) is 12.2. The van der Waals surface area contributed by atoms with Crippen LogP contribution in [0.1, 0.15) is 22.8 Å². The van der Waals surface area contributed by atoms with Crippen LogP contribution in [0.25, 0.3) is 11.0 Å². The number of rotatable bonds is 6. The molecule has 0 unspecified atom stereocenters. The summed E-state index contributed by atoms with van der Waals surface area (Å²) in [6.45, 7) is 2.25. The Bertz CT molecular complexity index is 884. The lowest BCUT2D eigenvalue weighted by Crippen LogP contribution is -2.10. The Hall–Kier alpha value is -3.22. The summed E-state index contributed by atoms with van der Waals surface area (Å²) in [4.78, 5) is 24.9. The van der Waals surface area contributed by atoms with Crippen molar-refractivity contribution in [3.05, 3.63) is 54.0 Å². The number of nitrogens with zero attached hydrogens (tertiary/aromatic N) is 3. The van der Waals surface area contributed by atoms with Gasteiger partial charge >= 0.3 is 5.97 Å². The molecular weight excluding hydrogens is 322 g/mol. The maximum Gasteiger partial charge on any atom is 0.343 e. The van der Waals surface area contributed by atoms with Crippen LogP contribution in [0.2, 0.25) is 0 Å². The molecule has 7 nitrogen and oxygen atoms in total. The summed E-state index contributed by atoms with van der Waals surface area (Å²) in [7, 11) is 1.52. The van der Waals surface area contributed by atoms with Crippen molar-refractivity contribution < 1.29 is 19.0 Å². The van der Waals surface area contributed by atoms with Crippen molar-refractivity contribution in [2.75, 3.05) is 13.7 Å². The first kappa shape index (κ1) is 16.6. The van der Waals surface area contributed by atoms with E-state index in [9.17, 15) is 4.79 Å². The molecule has 0 atom stereocenters. The highest BCUT2D eigenvalue weighted by Gasteiger charge is 2.19. The minimum Gasteiger partial charge on any atom is -0.486 e. The molecule has 3 rings (SSSR count). The average Bonchev–Trinajstić information content (AvgIpc) is 2.66. The predicted octanol–water partition coefficient (Wildman–Crippen LogP) is 2.79. The van der Waals surface area contributed by atoms with E-state index in [1.807, 2.05) is 12.1 Å². The number of carbonyl (C=O) groups excluding carboxylic acids is 1. The van der Waals surface area contributed by atoms with E-state index in [2.05, 4.69) is 15.0 Å². The molecule has 0 saturated heterocycles. The Morgan fingerprint density at radius 2 is 1.96 bits per heavy atom. The Kier molecular flexibility index (Phi) is 5.03. The zero-order chi connectivity index (χ0) is 17.6. The highest BCUT2D eigenvalue weighted by molar-refractivity contribution is 5.98. The van der Waals surface area contributed by atoms with Crippen molar-refractivity contribution in [3.63, 3.8) is 0 Å². The van der Waals surface area contributed by atoms with Gasteiger partial charge < -0.3 is 14.2 Å². The monoisotopic (exact) mass is 339 g/mol. The van der Waals surface area contributed by atoms with Gasteiger partial charge in [0.1, 0.15) is 17.7 Å². The van der Waals surface area contributed by atoms with Crippen molar-refractivity contribution in [2.24, 2.45) is 0 Å². The van der Waals surface area contributed by atoms with Gasteiger partial charge in [-0.05, 0) is 30.7 Å². The molecule has 0 N–H and O–H groups in total. The number of ether oxygens (including phenoxy) is 3. The van der Waals surface area contributed by atoms with Gasteiger partial charge in [-0.15, -0.1) is 0 Å². The number of pyridine rings is 3. The summed E-state index contributed by atoms with van der Waals surface area (Å²) < 4.78 is 16.2. The van der Waals surface area contributed by atoms with E-state index in [1.54, 1.807) is 31.5 Å². The van der Waals surface area contributed by atoms with Gasteiger partial charge in [0.25, 0.3) is 0 Å². The van der Waals surface area contributed by atoms with Gasteiger partial charge in [0, 0.05) is 24.7 Å². The van der Waals surface area contributed by atoms with Gasteiger partial charge in [0.05, 0.1) is 19.2 Å². The van der Waals surface area contributed by atoms with Gasteiger partial charge in [-0.25, -0.2) is 9.78 Å².